The van der Waals surface area contributed by atoms with Gasteiger partial charge in [0.15, 0.2) is 0 Å². The topological polar surface area (TPSA) is 152 Å². The van der Waals surface area contributed by atoms with Gasteiger partial charge in [0.1, 0.15) is 0 Å². The van der Waals surface area contributed by atoms with Gasteiger partial charge in [-0.2, -0.15) is 8.42 Å². The van der Waals surface area contributed by atoms with Crippen molar-refractivity contribution in [1.29, 1.82) is 0 Å². The smallest absolute Gasteiger partial charge is 0.316 e. The molecule has 0 radical (unpaired) electrons. The molecule has 0 heterocycles. The Morgan fingerprint density at radius 2 is 0.867 bits per heavy atom. The molecule has 0 aliphatic heterocycles. The minimum absolute atomic E-state index is 0. The molecule has 0 fully saturated rings. The Bertz CT molecular complexity index is 208. The van der Waals surface area contributed by atoms with Crippen molar-refractivity contribution in [3.8, 4) is 0 Å². The summed E-state index contributed by atoms with van der Waals surface area (Å²) in [5, 5.41) is 0. The first-order valence-corrected chi connectivity index (χ1v) is 4.44. The van der Waals surface area contributed by atoms with Gasteiger partial charge in [-0.15, -0.1) is 0 Å². The molecule has 0 unspecified atom stereocenters. The van der Waals surface area contributed by atoms with Crippen molar-refractivity contribution in [3.05, 3.63) is 0 Å². The number of hydrogen-bond acceptors (Lipinski definition) is 3. The third-order valence-electron chi connectivity index (χ3n) is 0. The van der Waals surface area contributed by atoms with Gasteiger partial charge in [-0.25, -0.2) is 4.57 Å². The van der Waals surface area contributed by atoms with Crippen LogP contribution in [0, 0.1) is 0 Å². The van der Waals surface area contributed by atoms with E-state index in [9.17, 15) is 0 Å². The molecule has 8 nitrogen and oxygen atoms in total. The third kappa shape index (κ3) is 175. The Morgan fingerprint density at radius 3 is 0.867 bits per heavy atom. The van der Waals surface area contributed by atoms with E-state index in [1.165, 1.54) is 0 Å². The summed E-state index contributed by atoms with van der Waals surface area (Å²) in [4.78, 5) is 21.6. The maximum Gasteiger partial charge on any atom is 0.316 e. The molecule has 15 heteroatoms. The molecule has 0 aromatic carbocycles. The van der Waals surface area contributed by atoms with Gasteiger partial charge in [0.25, 0.3) is 0 Å². The first kappa shape index (κ1) is 42.9. The minimum atomic E-state index is -4.67. The Balaban J connectivity index is -0.0000000128. The van der Waals surface area contributed by atoms with Gasteiger partial charge in [-0.05, 0) is 0 Å². The second-order valence-corrected chi connectivity index (χ2v) is 2.88. The zero-order valence-electron chi connectivity index (χ0n) is 4.67. The summed E-state index contributed by atoms with van der Waals surface area (Å²) < 4.78 is 40.5. The van der Waals surface area contributed by atoms with Crippen molar-refractivity contribution in [2.75, 3.05) is 0 Å². The van der Waals surface area contributed by atoms with Crippen molar-refractivity contribution in [3.63, 3.8) is 0 Å². The van der Waals surface area contributed by atoms with Gasteiger partial charge >= 0.3 is 195 Å². The van der Waals surface area contributed by atoms with Gasteiger partial charge < -0.3 is 14.7 Å². The van der Waals surface area contributed by atoms with E-state index in [1.54, 1.807) is 0 Å². The van der Waals surface area contributed by atoms with Crippen LogP contribution in [-0.4, -0.2) is 209 Å². The number of hydrogen-bond donors (Lipinski definition) is 5. The first-order valence-electron chi connectivity index (χ1n) is 1.48. The van der Waals surface area contributed by atoms with Crippen LogP contribution in [0.25, 0.3) is 0 Å². The van der Waals surface area contributed by atoms with Crippen LogP contribution >= 0.6 is 7.82 Å². The van der Waals surface area contributed by atoms with Gasteiger partial charge in [-0.3, -0.25) is 9.11 Å². The molecule has 0 amide bonds. The summed E-state index contributed by atoms with van der Waals surface area (Å²) in [7, 11) is -9.31. The van der Waals surface area contributed by atoms with E-state index in [0.717, 1.165) is 0 Å². The molecule has 0 aromatic rings. The Kier molecular flexibility index (Phi) is 64.2. The maximum atomic E-state index is 8.88. The SMILES string of the molecule is O=P(O)(O)O.O=S(=O)(O)O.[Fe].[KH].[KH].[KH].[MgH2]. The zero-order chi connectivity index (χ0) is 9.00. The quantitative estimate of drug-likeness (QED) is 0.156. The summed E-state index contributed by atoms with van der Waals surface area (Å²) in [6, 6.07) is 0. The number of rotatable bonds is 0. The standard InChI is InChI=1S/Fe.3K.Mg.H3O4P.H2O4S.5H/c;;;;;2*1-5(2,3)4;;;;;/h;;;;;(H3,1,2,3,4);(H2,1,2,3,4);;;;;. The molecule has 0 rings (SSSR count). The molecule has 82 valence electrons. The average Bonchev–Trinajstić information content (AvgIpc) is 1.12. The van der Waals surface area contributed by atoms with Crippen molar-refractivity contribution in [2.45, 2.75) is 0 Å². The van der Waals surface area contributed by atoms with Crippen LogP contribution in [0.1, 0.15) is 0 Å². The van der Waals surface area contributed by atoms with Crippen molar-refractivity contribution in [1.82, 2.24) is 0 Å². The molecule has 0 spiro atoms. The van der Waals surface area contributed by atoms with Crippen LogP contribution in [0.5, 0.6) is 0 Å². The molecule has 0 bridgehead atoms. The fourth-order valence-corrected chi connectivity index (χ4v) is 0. The van der Waals surface area contributed by atoms with Crippen molar-refractivity contribution >= 4 is 195 Å². The zero-order valence-corrected chi connectivity index (χ0v) is 7.48. The molecule has 0 atom stereocenters. The second-order valence-electron chi connectivity index (χ2n) is 0.961. The van der Waals surface area contributed by atoms with E-state index in [0.29, 0.717) is 0 Å². The van der Waals surface area contributed by atoms with Crippen LogP contribution in [0.2, 0.25) is 0 Å². The van der Waals surface area contributed by atoms with Crippen molar-refractivity contribution < 1.29 is 53.8 Å². The summed E-state index contributed by atoms with van der Waals surface area (Å²) >= 11 is 0. The molecule has 5 N–H and O–H groups in total. The molecule has 0 saturated heterocycles. The van der Waals surface area contributed by atoms with E-state index in [4.69, 9.17) is 36.8 Å². The monoisotopic (exact) mass is 398 g/mol. The average molecular weight is 399 g/mol. The Labute approximate surface area is 242 Å². The van der Waals surface area contributed by atoms with Gasteiger partial charge in [0.2, 0.25) is 0 Å². The fraction of sp³-hybridized carbons (Fsp3) is 0. The number of phosphoric acid groups is 1. The molecule has 15 heavy (non-hydrogen) atoms. The largest absolute Gasteiger partial charge is 0.316 e. The maximum absolute atomic E-state index is 8.88. The summed E-state index contributed by atoms with van der Waals surface area (Å²) in [6.07, 6.45) is 0. The van der Waals surface area contributed by atoms with Gasteiger partial charge in [-0.1, -0.05) is 0 Å². The molecular weight excluding hydrogens is 388 g/mol. The van der Waals surface area contributed by atoms with Gasteiger partial charge in [0, 0.05) is 17.1 Å². The molecule has 0 aliphatic carbocycles. The van der Waals surface area contributed by atoms with Crippen molar-refractivity contribution in [2.24, 2.45) is 0 Å². The van der Waals surface area contributed by atoms with Crippen LogP contribution in [0.15, 0.2) is 0 Å². The normalized spacial score (nSPS) is 7.80. The molecular formula is H10FeK3MgO8PS. The first-order chi connectivity index (χ1) is 4.00. The van der Waals surface area contributed by atoms with E-state index in [2.05, 4.69) is 0 Å². The second kappa shape index (κ2) is 22.5. The summed E-state index contributed by atoms with van der Waals surface area (Å²) in [6.45, 7) is 0. The fourth-order valence-electron chi connectivity index (χ4n) is 0. The predicted molar refractivity (Wildman–Crippen MR) is 58.4 cm³/mol. The third-order valence-corrected chi connectivity index (χ3v) is 0. The minimum Gasteiger partial charge on any atom is 0.316 e. The molecule has 0 saturated carbocycles. The van der Waals surface area contributed by atoms with Crippen LogP contribution in [0.3, 0.4) is 0 Å². The Morgan fingerprint density at radius 1 is 0.867 bits per heavy atom. The van der Waals surface area contributed by atoms with Crippen LogP contribution in [0.4, 0.5) is 0 Å². The predicted octanol–water partition coefficient (Wildman–Crippen LogP) is -4.45. The van der Waals surface area contributed by atoms with E-state index in [-0.39, 0.29) is 194 Å². The van der Waals surface area contributed by atoms with E-state index < -0.39 is 18.2 Å². The van der Waals surface area contributed by atoms with Crippen LogP contribution in [-0.2, 0) is 32.0 Å². The van der Waals surface area contributed by atoms with Crippen LogP contribution < -0.4 is 0 Å². The summed E-state index contributed by atoms with van der Waals surface area (Å²) in [5.41, 5.74) is 0. The Hall–Kier alpha value is 6.17. The van der Waals surface area contributed by atoms with Gasteiger partial charge in [0.05, 0.1) is 0 Å². The molecule has 0 aliphatic rings. The molecule has 0 aromatic heterocycles. The van der Waals surface area contributed by atoms with E-state index >= 15 is 0 Å². The van der Waals surface area contributed by atoms with E-state index in [1.807, 2.05) is 0 Å². The summed E-state index contributed by atoms with van der Waals surface area (Å²) in [5.74, 6) is 0.